The minimum absolute atomic E-state index is 0.145. The highest BCUT2D eigenvalue weighted by molar-refractivity contribution is 9.10. The van der Waals surface area contributed by atoms with Gasteiger partial charge in [0.25, 0.3) is 5.91 Å². The number of amides is 3. The first kappa shape index (κ1) is 22.5. The van der Waals surface area contributed by atoms with Crippen molar-refractivity contribution in [3.63, 3.8) is 0 Å². The quantitative estimate of drug-likeness (QED) is 0.627. The average Bonchev–Trinajstić information content (AvgIpc) is 3.04. The largest absolute Gasteiger partial charge is 0.389 e. The van der Waals surface area contributed by atoms with Crippen LogP contribution in [0.1, 0.15) is 28.7 Å². The Bertz CT molecular complexity index is 1090. The van der Waals surface area contributed by atoms with Crippen molar-refractivity contribution in [2.75, 3.05) is 18.9 Å². The first-order valence-corrected chi connectivity index (χ1v) is 11.2. The summed E-state index contributed by atoms with van der Waals surface area (Å²) in [5.41, 5.74) is 2.43. The van der Waals surface area contributed by atoms with E-state index in [0.717, 1.165) is 11.3 Å². The van der Waals surface area contributed by atoms with Crippen molar-refractivity contribution in [3.05, 3.63) is 58.1 Å². The summed E-state index contributed by atoms with van der Waals surface area (Å²) in [6.07, 6.45) is 1.22. The van der Waals surface area contributed by atoms with Crippen LogP contribution in [0.5, 0.6) is 0 Å². The van der Waals surface area contributed by atoms with Crippen LogP contribution in [0.15, 0.2) is 35.3 Å². The van der Waals surface area contributed by atoms with E-state index in [1.54, 1.807) is 21.5 Å². The lowest BCUT2D eigenvalue weighted by atomic mass is 9.99. The lowest BCUT2D eigenvalue weighted by Gasteiger charge is -2.33. The molecule has 1 aromatic heterocycles. The summed E-state index contributed by atoms with van der Waals surface area (Å²) in [6.45, 7) is 6.57. The third kappa shape index (κ3) is 4.04. The third-order valence-corrected chi connectivity index (χ3v) is 6.71. The van der Waals surface area contributed by atoms with Gasteiger partial charge >= 0.3 is 6.03 Å². The van der Waals surface area contributed by atoms with Crippen molar-refractivity contribution in [2.45, 2.75) is 38.6 Å². The molecule has 1 aromatic carbocycles. The van der Waals surface area contributed by atoms with Crippen LogP contribution in [-0.2, 0) is 19.5 Å². The van der Waals surface area contributed by atoms with E-state index in [-0.39, 0.29) is 34.9 Å². The van der Waals surface area contributed by atoms with Gasteiger partial charge in [-0.1, -0.05) is 6.08 Å². The van der Waals surface area contributed by atoms with Crippen LogP contribution in [0.3, 0.4) is 0 Å². The number of fused-ring (bicyclic) bond motifs is 3. The summed E-state index contributed by atoms with van der Waals surface area (Å²) in [6, 6.07) is 3.79. The second kappa shape index (κ2) is 8.67. The van der Waals surface area contributed by atoms with E-state index in [4.69, 9.17) is 0 Å². The Balaban J connectivity index is 1.62. The second-order valence-electron chi connectivity index (χ2n) is 8.37. The molecule has 2 aliphatic heterocycles. The molecule has 10 heteroatoms. The fourth-order valence-corrected chi connectivity index (χ4v) is 4.69. The van der Waals surface area contributed by atoms with E-state index in [1.165, 1.54) is 24.3 Å². The summed E-state index contributed by atoms with van der Waals surface area (Å²) in [4.78, 5) is 29.4. The normalized spacial score (nSPS) is 21.5. The topological polar surface area (TPSA) is 90.7 Å². The number of anilines is 1. The number of aliphatic hydroxyl groups is 1. The molecule has 0 aliphatic carbocycles. The number of nitrogens with zero attached hydrogens (tertiary/aromatic N) is 4. The van der Waals surface area contributed by atoms with Gasteiger partial charge in [-0.25, -0.2) is 9.18 Å². The van der Waals surface area contributed by atoms with Gasteiger partial charge in [0, 0.05) is 49.8 Å². The Morgan fingerprint density at radius 1 is 1.44 bits per heavy atom. The standard InChI is InChI=1S/C22H25BrFN5O3/c1-4-19(30)13-9-27(3)21(31)20-15-11-28(12(2)7-18(15)26-29(20)10-13)22(32)25-14-5-6-17(24)16(23)8-14/h4-6,8,12-13,19,30H,1,7,9-11H2,2-3H3,(H,25,32)/t12-,13+,19?/m1/s1. The number of nitrogens with one attached hydrogen (secondary N) is 1. The Hall–Kier alpha value is -2.72. The van der Waals surface area contributed by atoms with Crippen molar-refractivity contribution >= 4 is 33.6 Å². The molecule has 4 rings (SSSR count). The van der Waals surface area contributed by atoms with Gasteiger partial charge in [0.1, 0.15) is 11.5 Å². The predicted octanol–water partition coefficient (Wildman–Crippen LogP) is 3.01. The molecule has 0 bridgehead atoms. The van der Waals surface area contributed by atoms with Crippen LogP contribution < -0.4 is 5.32 Å². The van der Waals surface area contributed by atoms with Gasteiger partial charge in [0.05, 0.1) is 22.8 Å². The fourth-order valence-electron chi connectivity index (χ4n) is 4.31. The first-order chi connectivity index (χ1) is 15.2. The second-order valence-corrected chi connectivity index (χ2v) is 9.22. The molecule has 0 fully saturated rings. The molecule has 2 N–H and O–H groups in total. The maximum atomic E-state index is 13.5. The molecule has 0 spiro atoms. The van der Waals surface area contributed by atoms with Crippen molar-refractivity contribution in [1.29, 1.82) is 0 Å². The summed E-state index contributed by atoms with van der Waals surface area (Å²) < 4.78 is 15.4. The smallest absolute Gasteiger partial charge is 0.322 e. The monoisotopic (exact) mass is 505 g/mol. The number of carbonyl (C=O) groups excluding carboxylic acids is 2. The number of aromatic nitrogens is 2. The maximum absolute atomic E-state index is 13.5. The molecule has 3 amide bonds. The molecule has 0 saturated heterocycles. The SMILES string of the molecule is C=CC(O)[C@H]1CN(C)C(=O)c2c3c(nn2C1)C[C@@H](C)N(C(=O)Nc1ccc(F)c(Br)c1)C3. The Morgan fingerprint density at radius 2 is 2.19 bits per heavy atom. The number of carbonyl (C=O) groups is 2. The lowest BCUT2D eigenvalue weighted by Crippen LogP contribution is -2.45. The molecular weight excluding hydrogens is 481 g/mol. The van der Waals surface area contributed by atoms with Crippen molar-refractivity contribution < 1.29 is 19.1 Å². The number of hydrogen-bond acceptors (Lipinski definition) is 4. The molecular formula is C22H25BrFN5O3. The Labute approximate surface area is 193 Å². The average molecular weight is 506 g/mol. The Kier molecular flexibility index (Phi) is 6.09. The zero-order chi connectivity index (χ0) is 23.2. The molecule has 2 aromatic rings. The highest BCUT2D eigenvalue weighted by atomic mass is 79.9. The zero-order valence-electron chi connectivity index (χ0n) is 17.9. The van der Waals surface area contributed by atoms with E-state index in [0.29, 0.717) is 30.9 Å². The summed E-state index contributed by atoms with van der Waals surface area (Å²) in [5.74, 6) is -0.822. The number of benzene rings is 1. The number of halogens is 2. The first-order valence-electron chi connectivity index (χ1n) is 10.4. The van der Waals surface area contributed by atoms with E-state index < -0.39 is 11.9 Å². The summed E-state index contributed by atoms with van der Waals surface area (Å²) in [7, 11) is 1.70. The van der Waals surface area contributed by atoms with E-state index in [9.17, 15) is 19.1 Å². The van der Waals surface area contributed by atoms with Crippen LogP contribution in [0.25, 0.3) is 0 Å². The van der Waals surface area contributed by atoms with Gasteiger partial charge in [-0.2, -0.15) is 5.10 Å². The minimum Gasteiger partial charge on any atom is -0.389 e. The highest BCUT2D eigenvalue weighted by Crippen LogP contribution is 2.30. The molecule has 32 heavy (non-hydrogen) atoms. The summed E-state index contributed by atoms with van der Waals surface area (Å²) >= 11 is 3.12. The van der Waals surface area contributed by atoms with Gasteiger partial charge in [0.2, 0.25) is 0 Å². The van der Waals surface area contributed by atoms with E-state index >= 15 is 0 Å². The van der Waals surface area contributed by atoms with Crippen LogP contribution in [-0.4, -0.2) is 62.4 Å². The number of hydrogen-bond donors (Lipinski definition) is 2. The molecule has 170 valence electrons. The number of aliphatic hydroxyl groups excluding tert-OH is 1. The van der Waals surface area contributed by atoms with Crippen molar-refractivity contribution in [1.82, 2.24) is 19.6 Å². The van der Waals surface area contributed by atoms with Crippen molar-refractivity contribution in [3.8, 4) is 0 Å². The lowest BCUT2D eigenvalue weighted by molar-refractivity contribution is 0.0724. The Morgan fingerprint density at radius 3 is 2.88 bits per heavy atom. The van der Waals surface area contributed by atoms with Gasteiger partial charge in [-0.3, -0.25) is 9.48 Å². The van der Waals surface area contributed by atoms with Gasteiger partial charge < -0.3 is 20.2 Å². The zero-order valence-corrected chi connectivity index (χ0v) is 19.5. The van der Waals surface area contributed by atoms with Gasteiger partial charge in [-0.05, 0) is 41.1 Å². The molecule has 3 atom stereocenters. The molecule has 0 radical (unpaired) electrons. The summed E-state index contributed by atoms with van der Waals surface area (Å²) in [5, 5.41) is 17.8. The molecule has 0 saturated carbocycles. The van der Waals surface area contributed by atoms with Crippen LogP contribution in [0, 0.1) is 11.7 Å². The molecule has 1 unspecified atom stereocenters. The van der Waals surface area contributed by atoms with E-state index in [1.807, 2.05) is 6.92 Å². The number of rotatable bonds is 3. The van der Waals surface area contributed by atoms with Crippen LogP contribution in [0.2, 0.25) is 0 Å². The molecule has 3 heterocycles. The number of urea groups is 1. The fraction of sp³-hybridized carbons (Fsp3) is 0.409. The molecule has 2 aliphatic rings. The van der Waals surface area contributed by atoms with Crippen LogP contribution in [0.4, 0.5) is 14.9 Å². The predicted molar refractivity (Wildman–Crippen MR) is 121 cm³/mol. The van der Waals surface area contributed by atoms with Gasteiger partial charge in [0.15, 0.2) is 0 Å². The maximum Gasteiger partial charge on any atom is 0.322 e. The van der Waals surface area contributed by atoms with Crippen molar-refractivity contribution in [2.24, 2.45) is 5.92 Å². The van der Waals surface area contributed by atoms with Crippen LogP contribution >= 0.6 is 15.9 Å². The molecule has 8 nitrogen and oxygen atoms in total. The third-order valence-electron chi connectivity index (χ3n) is 6.10. The van der Waals surface area contributed by atoms with Gasteiger partial charge in [-0.15, -0.1) is 6.58 Å². The highest BCUT2D eigenvalue weighted by Gasteiger charge is 2.37. The van der Waals surface area contributed by atoms with E-state index in [2.05, 4.69) is 32.9 Å². The minimum atomic E-state index is -0.756.